The van der Waals surface area contributed by atoms with Crippen LogP contribution >= 0.6 is 11.3 Å². The molecule has 0 aliphatic heterocycles. The van der Waals surface area contributed by atoms with Crippen molar-refractivity contribution in [3.63, 3.8) is 0 Å². The van der Waals surface area contributed by atoms with E-state index < -0.39 is 10.0 Å². The highest BCUT2D eigenvalue weighted by atomic mass is 32.2. The topological polar surface area (TPSA) is 118 Å². The summed E-state index contributed by atoms with van der Waals surface area (Å²) < 4.78 is 33.3. The molecule has 1 aromatic heterocycles. The molecule has 11 heteroatoms. The molecule has 1 heterocycles. The molecule has 2 amide bonds. The van der Waals surface area contributed by atoms with Gasteiger partial charge in [0.2, 0.25) is 5.91 Å². The molecule has 1 aromatic carbocycles. The number of thiazole rings is 1. The maximum absolute atomic E-state index is 12.7. The van der Waals surface area contributed by atoms with Gasteiger partial charge in [-0.15, -0.1) is 0 Å². The third-order valence-corrected chi connectivity index (χ3v) is 6.02. The van der Waals surface area contributed by atoms with E-state index in [9.17, 15) is 18.0 Å². The van der Waals surface area contributed by atoms with Crippen LogP contribution in [-0.4, -0.2) is 50.8 Å². The van der Waals surface area contributed by atoms with Crippen LogP contribution in [0.4, 0.5) is 10.8 Å². The van der Waals surface area contributed by atoms with Gasteiger partial charge in [0.15, 0.2) is 5.13 Å². The Bertz CT molecular complexity index is 999. The van der Waals surface area contributed by atoms with Crippen molar-refractivity contribution in [2.24, 2.45) is 0 Å². The number of aromatic nitrogens is 1. The number of carbonyl (C=O) groups is 2. The largest absolute Gasteiger partial charge is 0.492 e. The fourth-order valence-corrected chi connectivity index (χ4v) is 4.51. The number of anilines is 2. The van der Waals surface area contributed by atoms with Crippen molar-refractivity contribution in [1.29, 1.82) is 0 Å². The lowest BCUT2D eigenvalue weighted by Gasteiger charge is -2.13. The summed E-state index contributed by atoms with van der Waals surface area (Å²) in [5.74, 6) is -0.249. The predicted molar refractivity (Wildman–Crippen MR) is 108 cm³/mol. The molecule has 2 aromatic rings. The Morgan fingerprint density at radius 2 is 1.96 bits per heavy atom. The summed E-state index contributed by atoms with van der Waals surface area (Å²) in [6.45, 7) is 5.09. The van der Waals surface area contributed by atoms with Crippen molar-refractivity contribution in [3.8, 4) is 5.75 Å². The number of nitrogens with one attached hydrogen (secondary N) is 2. The molecule has 0 unspecified atom stereocenters. The maximum Gasteiger partial charge on any atom is 0.265 e. The number of ether oxygens (including phenoxy) is 1. The molecule has 9 nitrogen and oxygen atoms in total. The van der Waals surface area contributed by atoms with Gasteiger partial charge in [0, 0.05) is 21.0 Å². The molecular formula is C17H22N4O5S2. The van der Waals surface area contributed by atoms with Crippen LogP contribution in [0.5, 0.6) is 5.75 Å². The molecule has 0 radical (unpaired) electrons. The zero-order valence-corrected chi connectivity index (χ0v) is 17.8. The van der Waals surface area contributed by atoms with E-state index in [2.05, 4.69) is 15.0 Å². The van der Waals surface area contributed by atoms with Gasteiger partial charge >= 0.3 is 0 Å². The standard InChI is InChI=1S/C17H22N4O5S2/c1-6-26-14-8-7-12(9-13(14)19-11(3)22)28(24,25)20-17-18-10(2)15(27-17)16(23)21(4)5/h7-9H,6H2,1-5H3,(H,18,20)(H,19,22). The van der Waals surface area contributed by atoms with E-state index in [0.29, 0.717) is 22.9 Å². The van der Waals surface area contributed by atoms with Gasteiger partial charge in [-0.05, 0) is 32.0 Å². The quantitative estimate of drug-likeness (QED) is 0.701. The number of hydrogen-bond donors (Lipinski definition) is 2. The highest BCUT2D eigenvalue weighted by Gasteiger charge is 2.22. The number of rotatable bonds is 7. The molecule has 0 spiro atoms. The van der Waals surface area contributed by atoms with Gasteiger partial charge in [-0.1, -0.05) is 11.3 Å². The van der Waals surface area contributed by atoms with Gasteiger partial charge < -0.3 is 15.0 Å². The fraction of sp³-hybridized carbons (Fsp3) is 0.353. The Balaban J connectivity index is 2.36. The molecule has 0 saturated carbocycles. The van der Waals surface area contributed by atoms with E-state index in [4.69, 9.17) is 4.74 Å². The van der Waals surface area contributed by atoms with Crippen molar-refractivity contribution < 1.29 is 22.7 Å². The van der Waals surface area contributed by atoms with E-state index in [-0.39, 0.29) is 27.5 Å². The van der Waals surface area contributed by atoms with Crippen molar-refractivity contribution >= 4 is 44.0 Å². The average Bonchev–Trinajstić information content (AvgIpc) is 2.94. The van der Waals surface area contributed by atoms with Crippen molar-refractivity contribution in [2.45, 2.75) is 25.7 Å². The molecule has 0 bridgehead atoms. The van der Waals surface area contributed by atoms with Crippen molar-refractivity contribution in [3.05, 3.63) is 28.8 Å². The Kier molecular flexibility index (Phi) is 6.62. The summed E-state index contributed by atoms with van der Waals surface area (Å²) >= 11 is 0.957. The Hall–Kier alpha value is -2.66. The summed E-state index contributed by atoms with van der Waals surface area (Å²) in [5.41, 5.74) is 0.683. The number of aryl methyl sites for hydroxylation is 1. The smallest absolute Gasteiger partial charge is 0.265 e. The molecule has 0 aliphatic carbocycles. The first-order valence-corrected chi connectivity index (χ1v) is 10.6. The number of nitrogens with zero attached hydrogens (tertiary/aromatic N) is 2. The SMILES string of the molecule is CCOc1ccc(S(=O)(=O)Nc2nc(C)c(C(=O)N(C)C)s2)cc1NC(C)=O. The minimum atomic E-state index is -3.99. The number of hydrogen-bond acceptors (Lipinski definition) is 7. The van der Waals surface area contributed by atoms with Gasteiger partial charge in [0.05, 0.1) is 22.9 Å². The monoisotopic (exact) mass is 426 g/mol. The first kappa shape index (κ1) is 21.6. The van der Waals surface area contributed by atoms with Gasteiger partial charge in [-0.3, -0.25) is 14.3 Å². The van der Waals surface area contributed by atoms with Crippen LogP contribution in [0.15, 0.2) is 23.1 Å². The molecule has 2 rings (SSSR count). The zero-order chi connectivity index (χ0) is 21.1. The van der Waals surface area contributed by atoms with Crippen LogP contribution in [0.2, 0.25) is 0 Å². The fourth-order valence-electron chi connectivity index (χ4n) is 2.26. The second-order valence-corrected chi connectivity index (χ2v) is 8.69. The molecular weight excluding hydrogens is 404 g/mol. The minimum Gasteiger partial charge on any atom is -0.492 e. The lowest BCUT2D eigenvalue weighted by atomic mass is 10.3. The number of benzene rings is 1. The summed E-state index contributed by atoms with van der Waals surface area (Å²) in [6.07, 6.45) is 0. The van der Waals surface area contributed by atoms with E-state index in [1.165, 1.54) is 30.0 Å². The lowest BCUT2D eigenvalue weighted by Crippen LogP contribution is -2.21. The van der Waals surface area contributed by atoms with Crippen LogP contribution in [0.3, 0.4) is 0 Å². The molecule has 0 saturated heterocycles. The van der Waals surface area contributed by atoms with Crippen molar-refractivity contribution in [1.82, 2.24) is 9.88 Å². The van der Waals surface area contributed by atoms with E-state index in [0.717, 1.165) is 11.3 Å². The summed E-state index contributed by atoms with van der Waals surface area (Å²) in [6, 6.07) is 4.14. The number of amides is 2. The number of carbonyl (C=O) groups excluding carboxylic acids is 2. The second-order valence-electron chi connectivity index (χ2n) is 6.01. The van der Waals surface area contributed by atoms with Crippen LogP contribution < -0.4 is 14.8 Å². The first-order chi connectivity index (χ1) is 13.0. The van der Waals surface area contributed by atoms with Crippen molar-refractivity contribution in [2.75, 3.05) is 30.7 Å². The Morgan fingerprint density at radius 1 is 1.29 bits per heavy atom. The van der Waals surface area contributed by atoms with E-state index >= 15 is 0 Å². The number of sulfonamides is 1. The third-order valence-electron chi connectivity index (χ3n) is 3.49. The molecule has 28 heavy (non-hydrogen) atoms. The lowest BCUT2D eigenvalue weighted by molar-refractivity contribution is -0.114. The zero-order valence-electron chi connectivity index (χ0n) is 16.2. The second kappa shape index (κ2) is 8.57. The Morgan fingerprint density at radius 3 is 2.54 bits per heavy atom. The van der Waals surface area contributed by atoms with E-state index in [1.807, 2.05) is 0 Å². The summed E-state index contributed by atoms with van der Waals surface area (Å²) in [4.78, 5) is 29.3. The van der Waals surface area contributed by atoms with Crippen LogP contribution in [0.1, 0.15) is 29.2 Å². The minimum absolute atomic E-state index is 0.0759. The van der Waals surface area contributed by atoms with E-state index in [1.54, 1.807) is 27.9 Å². The molecule has 152 valence electrons. The average molecular weight is 427 g/mol. The molecule has 0 atom stereocenters. The highest BCUT2D eigenvalue weighted by Crippen LogP contribution is 2.30. The van der Waals surface area contributed by atoms with Crippen LogP contribution in [0, 0.1) is 6.92 Å². The summed E-state index contributed by atoms with van der Waals surface area (Å²) in [7, 11) is -0.775. The highest BCUT2D eigenvalue weighted by molar-refractivity contribution is 7.93. The normalized spacial score (nSPS) is 11.0. The molecule has 0 fully saturated rings. The van der Waals surface area contributed by atoms with Crippen LogP contribution in [0.25, 0.3) is 0 Å². The molecule has 0 aliphatic rings. The van der Waals surface area contributed by atoms with Gasteiger partial charge in [0.25, 0.3) is 15.9 Å². The maximum atomic E-state index is 12.7. The van der Waals surface area contributed by atoms with Crippen LogP contribution in [-0.2, 0) is 14.8 Å². The van der Waals surface area contributed by atoms with Gasteiger partial charge in [0.1, 0.15) is 10.6 Å². The van der Waals surface area contributed by atoms with Gasteiger partial charge in [-0.25, -0.2) is 13.4 Å². The Labute approximate surface area is 167 Å². The molecule has 2 N–H and O–H groups in total. The summed E-state index contributed by atoms with van der Waals surface area (Å²) in [5, 5.41) is 2.64. The first-order valence-electron chi connectivity index (χ1n) is 8.31. The van der Waals surface area contributed by atoms with Gasteiger partial charge in [-0.2, -0.15) is 0 Å². The predicted octanol–water partition coefficient (Wildman–Crippen LogP) is 2.31. The third kappa shape index (κ3) is 4.98.